The molecule has 0 aliphatic rings. The lowest BCUT2D eigenvalue weighted by Crippen LogP contribution is -2.08. The van der Waals surface area contributed by atoms with Gasteiger partial charge >= 0.3 is 0 Å². The molecule has 0 bridgehead atoms. The van der Waals surface area contributed by atoms with E-state index in [1.54, 1.807) is 6.07 Å². The number of H-pyrrole nitrogens is 1. The van der Waals surface area contributed by atoms with Gasteiger partial charge in [-0.05, 0) is 33.1 Å². The van der Waals surface area contributed by atoms with Gasteiger partial charge in [0.15, 0.2) is 0 Å². The predicted octanol–water partition coefficient (Wildman–Crippen LogP) is 3.35. The molecule has 18 heavy (non-hydrogen) atoms. The molecule has 88 valence electrons. The summed E-state index contributed by atoms with van der Waals surface area (Å²) >= 11 is 3.40. The molecule has 1 heterocycles. The first-order valence-electron chi connectivity index (χ1n) is 5.50. The number of rotatable bonds is 1. The zero-order valence-corrected chi connectivity index (χ0v) is 10.9. The molecular weight excluding hydrogens is 292 g/mol. The summed E-state index contributed by atoms with van der Waals surface area (Å²) in [5, 5.41) is 7.92. The van der Waals surface area contributed by atoms with E-state index in [-0.39, 0.29) is 5.56 Å². The average molecular weight is 301 g/mol. The molecule has 3 rings (SSSR count). The van der Waals surface area contributed by atoms with Crippen molar-refractivity contribution in [3.8, 4) is 11.1 Å². The van der Waals surface area contributed by atoms with E-state index >= 15 is 0 Å². The fourth-order valence-electron chi connectivity index (χ4n) is 2.04. The summed E-state index contributed by atoms with van der Waals surface area (Å²) in [5.74, 6) is 0. The van der Waals surface area contributed by atoms with Crippen LogP contribution in [0.1, 0.15) is 0 Å². The Labute approximate surface area is 112 Å². The van der Waals surface area contributed by atoms with Crippen molar-refractivity contribution in [3.05, 3.63) is 63.5 Å². The maximum absolute atomic E-state index is 11.8. The fourth-order valence-corrected chi connectivity index (χ4v) is 2.55. The van der Waals surface area contributed by atoms with Crippen molar-refractivity contribution in [1.82, 2.24) is 10.2 Å². The van der Waals surface area contributed by atoms with Gasteiger partial charge in [-0.15, -0.1) is 0 Å². The summed E-state index contributed by atoms with van der Waals surface area (Å²) in [6.07, 6.45) is 0. The maximum Gasteiger partial charge on any atom is 0.272 e. The Hall–Kier alpha value is -1.94. The van der Waals surface area contributed by atoms with Gasteiger partial charge in [-0.3, -0.25) is 4.79 Å². The molecule has 0 aliphatic carbocycles. The van der Waals surface area contributed by atoms with Crippen LogP contribution in [0.5, 0.6) is 0 Å². The average Bonchev–Trinajstić information content (AvgIpc) is 2.43. The Kier molecular flexibility index (Phi) is 2.72. The van der Waals surface area contributed by atoms with E-state index in [2.05, 4.69) is 26.1 Å². The largest absolute Gasteiger partial charge is 0.272 e. The highest BCUT2D eigenvalue weighted by molar-refractivity contribution is 9.10. The van der Waals surface area contributed by atoms with Crippen LogP contribution in [0, 0.1) is 0 Å². The van der Waals surface area contributed by atoms with Crippen molar-refractivity contribution >= 4 is 26.7 Å². The first kappa shape index (κ1) is 11.2. The molecule has 0 saturated heterocycles. The number of hydrogen-bond acceptors (Lipinski definition) is 2. The first-order chi connectivity index (χ1) is 8.77. The van der Waals surface area contributed by atoms with Crippen molar-refractivity contribution in [2.45, 2.75) is 0 Å². The van der Waals surface area contributed by atoms with Crippen molar-refractivity contribution in [2.24, 2.45) is 0 Å². The summed E-state index contributed by atoms with van der Waals surface area (Å²) in [6.45, 7) is 0. The Bertz CT molecular complexity index is 766. The molecule has 0 unspecified atom stereocenters. The standard InChI is InChI=1S/C14H9BrN2O/c15-13-12-10(9-5-2-1-3-6-9)7-4-8-11(12)14(18)17-16-13/h1-8H,(H,17,18). The molecule has 0 radical (unpaired) electrons. The quantitative estimate of drug-likeness (QED) is 0.749. The third-order valence-electron chi connectivity index (χ3n) is 2.86. The molecule has 1 N–H and O–H groups in total. The first-order valence-corrected chi connectivity index (χ1v) is 6.29. The van der Waals surface area contributed by atoms with Gasteiger partial charge in [0.05, 0.1) is 5.39 Å². The second-order valence-corrected chi connectivity index (χ2v) is 4.69. The minimum Gasteiger partial charge on any atom is -0.267 e. The predicted molar refractivity (Wildman–Crippen MR) is 75.5 cm³/mol. The molecule has 0 fully saturated rings. The molecule has 3 aromatic rings. The SMILES string of the molecule is O=c1[nH]nc(Br)c2c(-c3ccccc3)cccc12. The third kappa shape index (κ3) is 1.75. The lowest BCUT2D eigenvalue weighted by atomic mass is 10.0. The fraction of sp³-hybridized carbons (Fsp3) is 0. The number of aromatic nitrogens is 2. The number of benzene rings is 2. The molecule has 0 spiro atoms. The van der Waals surface area contributed by atoms with Crippen molar-refractivity contribution in [2.75, 3.05) is 0 Å². The van der Waals surface area contributed by atoms with E-state index in [1.165, 1.54) is 0 Å². The van der Waals surface area contributed by atoms with E-state index in [9.17, 15) is 4.79 Å². The third-order valence-corrected chi connectivity index (χ3v) is 3.43. The van der Waals surface area contributed by atoms with Crippen LogP contribution in [-0.2, 0) is 0 Å². The van der Waals surface area contributed by atoms with Gasteiger partial charge in [-0.1, -0.05) is 42.5 Å². The van der Waals surface area contributed by atoms with Gasteiger partial charge in [0.25, 0.3) is 5.56 Å². The zero-order valence-electron chi connectivity index (χ0n) is 9.35. The molecule has 2 aromatic carbocycles. The molecule has 0 amide bonds. The van der Waals surface area contributed by atoms with Gasteiger partial charge in [0, 0.05) is 5.39 Å². The smallest absolute Gasteiger partial charge is 0.267 e. The molecule has 0 atom stereocenters. The molecule has 4 heteroatoms. The Morgan fingerprint density at radius 3 is 2.56 bits per heavy atom. The highest BCUT2D eigenvalue weighted by Crippen LogP contribution is 2.30. The minimum absolute atomic E-state index is 0.175. The maximum atomic E-state index is 11.8. The Morgan fingerprint density at radius 1 is 1.00 bits per heavy atom. The lowest BCUT2D eigenvalue weighted by molar-refractivity contribution is 0.990. The van der Waals surface area contributed by atoms with Gasteiger partial charge in [-0.2, -0.15) is 5.10 Å². The van der Waals surface area contributed by atoms with Crippen LogP contribution in [0.3, 0.4) is 0 Å². The lowest BCUT2D eigenvalue weighted by Gasteiger charge is -2.07. The zero-order chi connectivity index (χ0) is 12.5. The number of halogens is 1. The topological polar surface area (TPSA) is 45.8 Å². The van der Waals surface area contributed by atoms with Crippen molar-refractivity contribution < 1.29 is 0 Å². The van der Waals surface area contributed by atoms with E-state index < -0.39 is 0 Å². The van der Waals surface area contributed by atoms with Gasteiger partial charge in [0.1, 0.15) is 4.60 Å². The second kappa shape index (κ2) is 4.38. The number of hydrogen-bond donors (Lipinski definition) is 1. The van der Waals surface area contributed by atoms with E-state index in [4.69, 9.17) is 0 Å². The number of nitrogens with zero attached hydrogens (tertiary/aromatic N) is 1. The summed E-state index contributed by atoms with van der Waals surface area (Å²) in [5.41, 5.74) is 1.89. The van der Waals surface area contributed by atoms with E-state index in [0.29, 0.717) is 9.99 Å². The van der Waals surface area contributed by atoms with E-state index in [1.807, 2.05) is 42.5 Å². The molecule has 0 aliphatic heterocycles. The highest BCUT2D eigenvalue weighted by atomic mass is 79.9. The van der Waals surface area contributed by atoms with Crippen LogP contribution in [0.25, 0.3) is 21.9 Å². The second-order valence-electron chi connectivity index (χ2n) is 3.94. The Morgan fingerprint density at radius 2 is 1.78 bits per heavy atom. The van der Waals surface area contributed by atoms with Crippen LogP contribution in [0.4, 0.5) is 0 Å². The molecular formula is C14H9BrN2O. The highest BCUT2D eigenvalue weighted by Gasteiger charge is 2.09. The van der Waals surface area contributed by atoms with Crippen molar-refractivity contribution in [3.63, 3.8) is 0 Å². The molecule has 0 saturated carbocycles. The van der Waals surface area contributed by atoms with Gasteiger partial charge in [0.2, 0.25) is 0 Å². The summed E-state index contributed by atoms with van der Waals surface area (Å²) < 4.78 is 0.650. The van der Waals surface area contributed by atoms with Gasteiger partial charge < -0.3 is 0 Å². The van der Waals surface area contributed by atoms with Crippen LogP contribution < -0.4 is 5.56 Å². The van der Waals surface area contributed by atoms with E-state index in [0.717, 1.165) is 16.5 Å². The van der Waals surface area contributed by atoms with Crippen molar-refractivity contribution in [1.29, 1.82) is 0 Å². The van der Waals surface area contributed by atoms with Crippen LogP contribution in [0.15, 0.2) is 57.9 Å². The number of nitrogens with one attached hydrogen (secondary N) is 1. The summed E-state index contributed by atoms with van der Waals surface area (Å²) in [4.78, 5) is 11.8. The number of fused-ring (bicyclic) bond motifs is 1. The van der Waals surface area contributed by atoms with Crippen LogP contribution in [0.2, 0.25) is 0 Å². The van der Waals surface area contributed by atoms with Gasteiger partial charge in [-0.25, -0.2) is 5.10 Å². The summed E-state index contributed by atoms with van der Waals surface area (Å²) in [7, 11) is 0. The number of aromatic amines is 1. The summed E-state index contributed by atoms with van der Waals surface area (Å²) in [6, 6.07) is 15.6. The van der Waals surface area contributed by atoms with Crippen LogP contribution in [-0.4, -0.2) is 10.2 Å². The molecule has 1 aromatic heterocycles. The normalized spacial score (nSPS) is 10.7. The minimum atomic E-state index is -0.175. The Balaban J connectivity index is 2.45. The molecule has 3 nitrogen and oxygen atoms in total. The van der Waals surface area contributed by atoms with Crippen LogP contribution >= 0.6 is 15.9 Å². The monoisotopic (exact) mass is 300 g/mol.